The lowest BCUT2D eigenvalue weighted by Crippen LogP contribution is -2.42. The molecule has 4 nitrogen and oxygen atoms in total. The Morgan fingerprint density at radius 1 is 1.32 bits per heavy atom. The third-order valence-corrected chi connectivity index (χ3v) is 4.20. The monoisotopic (exact) mass is 325 g/mol. The molecule has 1 fully saturated rings. The first kappa shape index (κ1) is 16.9. The molecule has 0 saturated carbocycles. The van der Waals surface area contributed by atoms with Gasteiger partial charge in [-0.2, -0.15) is 0 Å². The van der Waals surface area contributed by atoms with E-state index >= 15 is 0 Å². The fourth-order valence-corrected chi connectivity index (χ4v) is 3.40. The van der Waals surface area contributed by atoms with E-state index in [2.05, 4.69) is 13.8 Å². The highest BCUT2D eigenvalue weighted by Crippen LogP contribution is 2.37. The number of amides is 1. The molecule has 1 aromatic rings. The summed E-state index contributed by atoms with van der Waals surface area (Å²) in [6.45, 7) is 8.31. The molecule has 0 bridgehead atoms. The zero-order valence-corrected chi connectivity index (χ0v) is 14.4. The molecule has 5 heteroatoms. The van der Waals surface area contributed by atoms with E-state index < -0.39 is 0 Å². The average molecular weight is 326 g/mol. The van der Waals surface area contributed by atoms with Crippen LogP contribution in [0.1, 0.15) is 37.6 Å². The van der Waals surface area contributed by atoms with Crippen LogP contribution >= 0.6 is 11.6 Å². The van der Waals surface area contributed by atoms with Crippen molar-refractivity contribution >= 4 is 17.5 Å². The molecule has 0 radical (unpaired) electrons. The SMILES string of the molecule is CCOc1c(Cl)cc(C(=O)N2CC(C)CC(C)C2)cc1OC. The summed E-state index contributed by atoms with van der Waals surface area (Å²) in [7, 11) is 1.55. The number of hydrogen-bond acceptors (Lipinski definition) is 3. The van der Waals surface area contributed by atoms with Crippen molar-refractivity contribution in [2.24, 2.45) is 11.8 Å². The van der Waals surface area contributed by atoms with Gasteiger partial charge in [0.1, 0.15) is 0 Å². The van der Waals surface area contributed by atoms with Gasteiger partial charge in [-0.05, 0) is 37.3 Å². The highest BCUT2D eigenvalue weighted by molar-refractivity contribution is 6.32. The van der Waals surface area contributed by atoms with Gasteiger partial charge < -0.3 is 14.4 Å². The second kappa shape index (κ2) is 7.23. The summed E-state index contributed by atoms with van der Waals surface area (Å²) in [5, 5.41) is 0.405. The number of rotatable bonds is 4. The Kier molecular flexibility index (Phi) is 5.57. The van der Waals surface area contributed by atoms with E-state index in [4.69, 9.17) is 21.1 Å². The van der Waals surface area contributed by atoms with Crippen molar-refractivity contribution in [3.8, 4) is 11.5 Å². The average Bonchev–Trinajstić information content (AvgIpc) is 2.47. The van der Waals surface area contributed by atoms with Crippen molar-refractivity contribution in [2.45, 2.75) is 27.2 Å². The van der Waals surface area contributed by atoms with Gasteiger partial charge in [0, 0.05) is 18.7 Å². The van der Waals surface area contributed by atoms with Crippen LogP contribution in [0.15, 0.2) is 12.1 Å². The predicted molar refractivity (Wildman–Crippen MR) is 88.0 cm³/mol. The second-order valence-corrected chi connectivity index (χ2v) is 6.49. The maximum atomic E-state index is 12.8. The van der Waals surface area contributed by atoms with Crippen molar-refractivity contribution in [3.05, 3.63) is 22.7 Å². The molecule has 2 unspecified atom stereocenters. The quantitative estimate of drug-likeness (QED) is 0.843. The number of benzene rings is 1. The zero-order chi connectivity index (χ0) is 16.3. The van der Waals surface area contributed by atoms with Crippen LogP contribution in [0.25, 0.3) is 0 Å². The van der Waals surface area contributed by atoms with Crippen LogP contribution < -0.4 is 9.47 Å². The van der Waals surface area contributed by atoms with Crippen LogP contribution in [0.2, 0.25) is 5.02 Å². The molecular weight excluding hydrogens is 302 g/mol. The highest BCUT2D eigenvalue weighted by Gasteiger charge is 2.27. The summed E-state index contributed by atoms with van der Waals surface area (Å²) in [5.41, 5.74) is 0.548. The van der Waals surface area contributed by atoms with Gasteiger partial charge in [0.25, 0.3) is 5.91 Å². The Hall–Kier alpha value is -1.42. The minimum absolute atomic E-state index is 0.00153. The minimum atomic E-state index is 0.00153. The summed E-state index contributed by atoms with van der Waals surface area (Å²) in [5.74, 6) is 2.03. The third-order valence-electron chi connectivity index (χ3n) is 3.92. The second-order valence-electron chi connectivity index (χ2n) is 6.08. The molecule has 0 aromatic heterocycles. The molecule has 22 heavy (non-hydrogen) atoms. The molecule has 1 aromatic carbocycles. The smallest absolute Gasteiger partial charge is 0.254 e. The van der Waals surface area contributed by atoms with Gasteiger partial charge in [-0.1, -0.05) is 25.4 Å². The highest BCUT2D eigenvalue weighted by atomic mass is 35.5. The lowest BCUT2D eigenvalue weighted by atomic mass is 9.91. The number of likely N-dealkylation sites (tertiary alicyclic amines) is 1. The lowest BCUT2D eigenvalue weighted by molar-refractivity contribution is 0.0622. The topological polar surface area (TPSA) is 38.8 Å². The van der Waals surface area contributed by atoms with Gasteiger partial charge in [0.05, 0.1) is 18.7 Å². The van der Waals surface area contributed by atoms with Crippen LogP contribution in [0.4, 0.5) is 0 Å². The number of ether oxygens (including phenoxy) is 2. The number of nitrogens with zero attached hydrogens (tertiary/aromatic N) is 1. The molecule has 0 spiro atoms. The Morgan fingerprint density at radius 3 is 2.50 bits per heavy atom. The fourth-order valence-electron chi connectivity index (χ4n) is 3.14. The molecule has 2 atom stereocenters. The molecule has 0 aliphatic carbocycles. The van der Waals surface area contributed by atoms with E-state index in [1.807, 2.05) is 11.8 Å². The largest absolute Gasteiger partial charge is 0.493 e. The molecular formula is C17H24ClNO3. The Bertz CT molecular complexity index is 537. The van der Waals surface area contributed by atoms with Crippen LogP contribution in [0.5, 0.6) is 11.5 Å². The molecule has 122 valence electrons. The van der Waals surface area contributed by atoms with Crippen molar-refractivity contribution in [1.82, 2.24) is 4.90 Å². The lowest BCUT2D eigenvalue weighted by Gasteiger charge is -2.35. The first-order valence-corrected chi connectivity index (χ1v) is 8.13. The van der Waals surface area contributed by atoms with Crippen molar-refractivity contribution < 1.29 is 14.3 Å². The third kappa shape index (κ3) is 3.67. The van der Waals surface area contributed by atoms with Gasteiger partial charge >= 0.3 is 0 Å². The summed E-state index contributed by atoms with van der Waals surface area (Å²) < 4.78 is 10.8. The van der Waals surface area contributed by atoms with Gasteiger partial charge in [-0.3, -0.25) is 4.79 Å². The molecule has 1 aliphatic rings. The summed E-state index contributed by atoms with van der Waals surface area (Å²) in [6, 6.07) is 3.38. The van der Waals surface area contributed by atoms with E-state index in [1.165, 1.54) is 0 Å². The summed E-state index contributed by atoms with van der Waals surface area (Å²) in [6.07, 6.45) is 1.16. The summed E-state index contributed by atoms with van der Waals surface area (Å²) >= 11 is 6.26. The van der Waals surface area contributed by atoms with Crippen LogP contribution in [0, 0.1) is 11.8 Å². The predicted octanol–water partition coefficient (Wildman–Crippen LogP) is 3.87. The molecule has 1 heterocycles. The van der Waals surface area contributed by atoms with Gasteiger partial charge in [-0.15, -0.1) is 0 Å². The van der Waals surface area contributed by atoms with Gasteiger partial charge in [0.15, 0.2) is 11.5 Å². The number of methoxy groups -OCH3 is 1. The molecule has 1 saturated heterocycles. The first-order valence-electron chi connectivity index (χ1n) is 7.75. The van der Waals surface area contributed by atoms with E-state index in [0.717, 1.165) is 19.5 Å². The molecule has 1 amide bonds. The number of halogens is 1. The van der Waals surface area contributed by atoms with E-state index in [1.54, 1.807) is 19.2 Å². The normalized spacial score (nSPS) is 21.6. The maximum Gasteiger partial charge on any atom is 0.254 e. The van der Waals surface area contributed by atoms with E-state index in [-0.39, 0.29) is 5.91 Å². The molecule has 1 aliphatic heterocycles. The maximum absolute atomic E-state index is 12.8. The number of hydrogen-bond donors (Lipinski definition) is 0. The summed E-state index contributed by atoms with van der Waals surface area (Å²) in [4.78, 5) is 14.7. The van der Waals surface area contributed by atoms with Crippen molar-refractivity contribution in [1.29, 1.82) is 0 Å². The van der Waals surface area contributed by atoms with E-state index in [0.29, 0.717) is 40.5 Å². The van der Waals surface area contributed by atoms with Crippen LogP contribution in [0.3, 0.4) is 0 Å². The number of carbonyl (C=O) groups is 1. The van der Waals surface area contributed by atoms with Gasteiger partial charge in [-0.25, -0.2) is 0 Å². The number of carbonyl (C=O) groups excluding carboxylic acids is 1. The Labute approximate surface area is 137 Å². The van der Waals surface area contributed by atoms with E-state index in [9.17, 15) is 4.79 Å². The molecule has 0 N–H and O–H groups in total. The Morgan fingerprint density at radius 2 is 1.95 bits per heavy atom. The van der Waals surface area contributed by atoms with Crippen LogP contribution in [-0.4, -0.2) is 37.6 Å². The van der Waals surface area contributed by atoms with Crippen LogP contribution in [-0.2, 0) is 0 Å². The van der Waals surface area contributed by atoms with Gasteiger partial charge in [0.2, 0.25) is 0 Å². The molecule has 2 rings (SSSR count). The zero-order valence-electron chi connectivity index (χ0n) is 13.7. The van der Waals surface area contributed by atoms with Crippen molar-refractivity contribution in [3.63, 3.8) is 0 Å². The standard InChI is InChI=1S/C17H24ClNO3/c1-5-22-16-14(18)7-13(8-15(16)21-4)17(20)19-9-11(2)6-12(3)10-19/h7-8,11-12H,5-6,9-10H2,1-4H3. The van der Waals surface area contributed by atoms with Crippen molar-refractivity contribution in [2.75, 3.05) is 26.8 Å². The fraction of sp³-hybridized carbons (Fsp3) is 0.588. The first-order chi connectivity index (χ1) is 10.5. The minimum Gasteiger partial charge on any atom is -0.493 e. The Balaban J connectivity index is 2.28. The number of piperidine rings is 1.